The van der Waals surface area contributed by atoms with Crippen LogP contribution in [0.25, 0.3) is 11.0 Å². The predicted octanol–water partition coefficient (Wildman–Crippen LogP) is 4.89. The molecule has 1 aromatic heterocycles. The molecule has 0 saturated heterocycles. The van der Waals surface area contributed by atoms with Gasteiger partial charge in [-0.15, -0.1) is 0 Å². The fourth-order valence-corrected chi connectivity index (χ4v) is 3.18. The van der Waals surface area contributed by atoms with Gasteiger partial charge < -0.3 is 13.9 Å². The van der Waals surface area contributed by atoms with E-state index in [2.05, 4.69) is 0 Å². The summed E-state index contributed by atoms with van der Waals surface area (Å²) in [6.07, 6.45) is 1.60. The lowest BCUT2D eigenvalue weighted by Gasteiger charge is -2.12. The monoisotopic (exact) mass is 403 g/mol. The second-order valence-corrected chi connectivity index (χ2v) is 6.57. The average Bonchev–Trinajstić information content (AvgIpc) is 2.66. The van der Waals surface area contributed by atoms with Crippen molar-refractivity contribution in [2.75, 3.05) is 7.11 Å². The number of hydrogen-bond donors (Lipinski definition) is 0. The maximum absolute atomic E-state index is 11.8. The minimum Gasteiger partial charge on any atom is -0.496 e. The van der Waals surface area contributed by atoms with Gasteiger partial charge in [0.15, 0.2) is 0 Å². The van der Waals surface area contributed by atoms with Crippen molar-refractivity contribution in [1.29, 1.82) is 0 Å². The summed E-state index contributed by atoms with van der Waals surface area (Å²) in [6, 6.07) is 8.97. The summed E-state index contributed by atoms with van der Waals surface area (Å²) >= 11 is 6.35. The van der Waals surface area contributed by atoms with Crippen LogP contribution in [-0.4, -0.2) is 12.0 Å². The van der Waals surface area contributed by atoms with Crippen LogP contribution in [-0.2, 0) is 13.0 Å². The molecular weight excluding hydrogens is 386 g/mol. The van der Waals surface area contributed by atoms with Crippen molar-refractivity contribution < 1.29 is 18.8 Å². The molecule has 8 heteroatoms. The van der Waals surface area contributed by atoms with Gasteiger partial charge in [0, 0.05) is 35.2 Å². The Morgan fingerprint density at radius 1 is 1.14 bits per heavy atom. The summed E-state index contributed by atoms with van der Waals surface area (Å²) in [5.41, 5.74) is 1.22. The first kappa shape index (κ1) is 19.7. The summed E-state index contributed by atoms with van der Waals surface area (Å²) in [5.74, 6) is 0.763. The molecule has 0 bridgehead atoms. The maximum Gasteiger partial charge on any atom is 0.336 e. The first-order valence-electron chi connectivity index (χ1n) is 8.63. The van der Waals surface area contributed by atoms with Gasteiger partial charge in [-0.25, -0.2) is 4.79 Å². The molecule has 2 aromatic carbocycles. The average molecular weight is 404 g/mol. The zero-order chi connectivity index (χ0) is 20.3. The van der Waals surface area contributed by atoms with Crippen LogP contribution in [0, 0.1) is 10.1 Å². The summed E-state index contributed by atoms with van der Waals surface area (Å²) in [4.78, 5) is 22.3. The molecule has 7 nitrogen and oxygen atoms in total. The van der Waals surface area contributed by atoms with Gasteiger partial charge >= 0.3 is 5.63 Å². The number of nitro benzene ring substituents is 1. The summed E-state index contributed by atoms with van der Waals surface area (Å²) in [5, 5.41) is 12.1. The van der Waals surface area contributed by atoms with Gasteiger partial charge in [-0.05, 0) is 24.1 Å². The molecule has 0 unspecified atom stereocenters. The molecule has 0 N–H and O–H groups in total. The van der Waals surface area contributed by atoms with Crippen LogP contribution in [0.5, 0.6) is 11.5 Å². The van der Waals surface area contributed by atoms with Crippen LogP contribution < -0.4 is 15.1 Å². The highest BCUT2D eigenvalue weighted by Gasteiger charge is 2.14. The molecule has 0 atom stereocenters. The summed E-state index contributed by atoms with van der Waals surface area (Å²) in [7, 11) is 1.47. The highest BCUT2D eigenvalue weighted by molar-refractivity contribution is 6.32. The third-order valence-corrected chi connectivity index (χ3v) is 4.56. The Balaban J connectivity index is 1.95. The first-order valence-corrected chi connectivity index (χ1v) is 9.01. The van der Waals surface area contributed by atoms with Crippen LogP contribution in [0.3, 0.4) is 0 Å². The number of non-ortho nitro benzene ring substituents is 1. The molecule has 0 spiro atoms. The molecule has 3 rings (SSSR count). The van der Waals surface area contributed by atoms with Crippen molar-refractivity contribution in [3.05, 3.63) is 73.1 Å². The highest BCUT2D eigenvalue weighted by Crippen LogP contribution is 2.33. The molecule has 1 heterocycles. The molecule has 0 aliphatic rings. The van der Waals surface area contributed by atoms with Crippen molar-refractivity contribution >= 4 is 28.3 Å². The predicted molar refractivity (Wildman–Crippen MR) is 105 cm³/mol. The molecule has 0 aliphatic heterocycles. The topological polar surface area (TPSA) is 91.8 Å². The smallest absolute Gasteiger partial charge is 0.336 e. The second kappa shape index (κ2) is 8.31. The van der Waals surface area contributed by atoms with Crippen LogP contribution in [0.4, 0.5) is 5.69 Å². The standard InChI is InChI=1S/C20H18ClNO6/c1-3-4-12-8-20(23)28-18-10-19(16(21)9-15(12)18)27-11-13-7-14(22(24)25)5-6-17(13)26-2/h5-10H,3-4,11H2,1-2H3. The van der Waals surface area contributed by atoms with Crippen molar-refractivity contribution in [3.63, 3.8) is 0 Å². The minimum absolute atomic E-state index is 0.00500. The van der Waals surface area contributed by atoms with Gasteiger partial charge in [0.25, 0.3) is 5.69 Å². The number of aryl methyl sites for hydroxylation is 1. The Bertz CT molecular complexity index is 1090. The number of hydrogen-bond acceptors (Lipinski definition) is 6. The largest absolute Gasteiger partial charge is 0.496 e. The highest BCUT2D eigenvalue weighted by atomic mass is 35.5. The summed E-state index contributed by atoms with van der Waals surface area (Å²) < 4.78 is 16.3. The van der Waals surface area contributed by atoms with Crippen molar-refractivity contribution in [3.8, 4) is 11.5 Å². The number of fused-ring (bicyclic) bond motifs is 1. The van der Waals surface area contributed by atoms with Gasteiger partial charge in [0.2, 0.25) is 0 Å². The molecular formula is C20H18ClNO6. The van der Waals surface area contributed by atoms with Gasteiger partial charge in [-0.2, -0.15) is 0 Å². The molecule has 3 aromatic rings. The lowest BCUT2D eigenvalue weighted by atomic mass is 10.1. The lowest BCUT2D eigenvalue weighted by molar-refractivity contribution is -0.385. The number of nitrogens with zero attached hydrogens (tertiary/aromatic N) is 1. The Morgan fingerprint density at radius 3 is 2.61 bits per heavy atom. The number of halogens is 1. The van der Waals surface area contributed by atoms with E-state index in [1.54, 1.807) is 12.1 Å². The van der Waals surface area contributed by atoms with Crippen LogP contribution >= 0.6 is 11.6 Å². The lowest BCUT2D eigenvalue weighted by Crippen LogP contribution is -2.03. The molecule has 28 heavy (non-hydrogen) atoms. The second-order valence-electron chi connectivity index (χ2n) is 6.16. The van der Waals surface area contributed by atoms with Gasteiger partial charge in [0.05, 0.1) is 17.1 Å². The van der Waals surface area contributed by atoms with Crippen LogP contribution in [0.1, 0.15) is 24.5 Å². The molecule has 0 fully saturated rings. The third kappa shape index (κ3) is 4.09. The SMILES string of the molecule is CCCc1cc(=O)oc2cc(OCc3cc([N+](=O)[O-])ccc3OC)c(Cl)cc12. The van der Waals surface area contributed by atoms with Crippen molar-refractivity contribution in [2.24, 2.45) is 0 Å². The van der Waals surface area contributed by atoms with Gasteiger partial charge in [-0.1, -0.05) is 24.9 Å². The van der Waals surface area contributed by atoms with E-state index in [0.29, 0.717) is 27.7 Å². The van der Waals surface area contributed by atoms with E-state index in [1.807, 2.05) is 6.92 Å². The summed E-state index contributed by atoms with van der Waals surface area (Å²) in [6.45, 7) is 2.01. The van der Waals surface area contributed by atoms with Gasteiger partial charge in [-0.3, -0.25) is 10.1 Å². The fourth-order valence-electron chi connectivity index (χ4n) is 2.96. The molecule has 0 amide bonds. The van der Waals surface area contributed by atoms with E-state index < -0.39 is 10.5 Å². The van der Waals surface area contributed by atoms with E-state index >= 15 is 0 Å². The van der Waals surface area contributed by atoms with Crippen LogP contribution in [0.15, 0.2) is 45.6 Å². The van der Waals surface area contributed by atoms with E-state index in [1.165, 1.54) is 31.4 Å². The Labute approximate surface area is 165 Å². The van der Waals surface area contributed by atoms with Crippen LogP contribution in [0.2, 0.25) is 5.02 Å². The van der Waals surface area contributed by atoms with Gasteiger partial charge in [0.1, 0.15) is 23.7 Å². The molecule has 0 aliphatic carbocycles. The van der Waals surface area contributed by atoms with E-state index in [0.717, 1.165) is 23.8 Å². The zero-order valence-corrected chi connectivity index (χ0v) is 16.1. The minimum atomic E-state index is -0.490. The third-order valence-electron chi connectivity index (χ3n) is 4.26. The van der Waals surface area contributed by atoms with E-state index in [4.69, 9.17) is 25.5 Å². The molecule has 0 radical (unpaired) electrons. The zero-order valence-electron chi connectivity index (χ0n) is 15.4. The molecule has 0 saturated carbocycles. The number of ether oxygens (including phenoxy) is 2. The molecule has 146 valence electrons. The number of nitro groups is 1. The van der Waals surface area contributed by atoms with Crippen molar-refractivity contribution in [1.82, 2.24) is 0 Å². The first-order chi connectivity index (χ1) is 13.4. The number of benzene rings is 2. The number of rotatable bonds is 7. The number of methoxy groups -OCH3 is 1. The maximum atomic E-state index is 11.8. The van der Waals surface area contributed by atoms with E-state index in [9.17, 15) is 14.9 Å². The quantitative estimate of drug-likeness (QED) is 0.316. The fraction of sp³-hybridized carbons (Fsp3) is 0.250. The Morgan fingerprint density at radius 2 is 1.93 bits per heavy atom. The normalized spacial score (nSPS) is 10.8. The van der Waals surface area contributed by atoms with E-state index in [-0.39, 0.29) is 12.3 Å². The Hall–Kier alpha value is -3.06. The van der Waals surface area contributed by atoms with Crippen molar-refractivity contribution in [2.45, 2.75) is 26.4 Å². The Kier molecular flexibility index (Phi) is 5.84.